The highest BCUT2D eigenvalue weighted by atomic mass is 16.5. The van der Waals surface area contributed by atoms with Crippen molar-refractivity contribution in [1.29, 1.82) is 5.26 Å². The number of hydrogen-bond donors (Lipinski definition) is 1. The van der Waals surface area contributed by atoms with Crippen LogP contribution in [0.2, 0.25) is 0 Å². The van der Waals surface area contributed by atoms with Crippen molar-refractivity contribution >= 4 is 0 Å². The normalized spacial score (nSPS) is 43.2. The van der Waals surface area contributed by atoms with Crippen LogP contribution in [0.25, 0.3) is 0 Å². The van der Waals surface area contributed by atoms with Crippen LogP contribution in [0.15, 0.2) is 12.3 Å². The Morgan fingerprint density at radius 3 is 2.76 bits per heavy atom. The molecule has 1 heterocycles. The summed E-state index contributed by atoms with van der Waals surface area (Å²) in [5.74, 6) is 5.47. The molecule has 182 valence electrons. The van der Waals surface area contributed by atoms with Crippen LogP contribution in [0.5, 0.6) is 0 Å². The van der Waals surface area contributed by atoms with Crippen LogP contribution < -0.4 is 0 Å². The van der Waals surface area contributed by atoms with E-state index < -0.39 is 5.60 Å². The molecule has 0 radical (unpaired) electrons. The molecule has 0 saturated heterocycles. The average molecular weight is 454 g/mol. The number of nitriles is 1. The van der Waals surface area contributed by atoms with Crippen LogP contribution in [0.1, 0.15) is 84.3 Å². The molecule has 4 saturated carbocycles. The van der Waals surface area contributed by atoms with E-state index in [1.165, 1.54) is 44.9 Å². The van der Waals surface area contributed by atoms with Gasteiger partial charge in [0.1, 0.15) is 6.07 Å². The highest BCUT2D eigenvalue weighted by Gasteiger charge is 2.58. The molecule has 1 N–H and O–H groups in total. The average Bonchev–Trinajstić information content (AvgIpc) is 3.40. The summed E-state index contributed by atoms with van der Waals surface area (Å²) in [5, 5.41) is 24.7. The maximum Gasteiger partial charge on any atom is 0.162 e. The zero-order valence-electron chi connectivity index (χ0n) is 20.9. The fraction of sp³-hybridized carbons (Fsp3) is 0.857. The molecule has 0 aromatic carbocycles. The summed E-state index contributed by atoms with van der Waals surface area (Å²) in [4.78, 5) is 0. The smallest absolute Gasteiger partial charge is 0.162 e. The quantitative estimate of drug-likeness (QED) is 0.624. The first-order valence-corrected chi connectivity index (χ1v) is 13.6. The number of rotatable bonds is 6. The number of hydrogen-bond acceptors (Lipinski definition) is 4. The Bertz CT molecular complexity index is 877. The molecule has 33 heavy (non-hydrogen) atoms. The first-order chi connectivity index (χ1) is 15.9. The summed E-state index contributed by atoms with van der Waals surface area (Å²) in [6.45, 7) is 9.18. The van der Waals surface area contributed by atoms with Gasteiger partial charge in [0.2, 0.25) is 0 Å². The Kier molecular flexibility index (Phi) is 6.38. The van der Waals surface area contributed by atoms with Gasteiger partial charge >= 0.3 is 0 Å². The third kappa shape index (κ3) is 4.16. The molecule has 1 unspecified atom stereocenters. The highest BCUT2D eigenvalue weighted by molar-refractivity contribution is 5.16. The Balaban J connectivity index is 1.26. The van der Waals surface area contributed by atoms with Gasteiger partial charge in [-0.3, -0.25) is 4.68 Å². The van der Waals surface area contributed by atoms with Gasteiger partial charge in [-0.15, -0.1) is 0 Å². The summed E-state index contributed by atoms with van der Waals surface area (Å²) in [6, 6.07) is 3.99. The minimum Gasteiger partial charge on any atom is -0.387 e. The SMILES string of the molecule is CCOC[C@@]1(O)CC[C@H]2[C@H](CC[C@@H]3[C@@H]2CC[C@]2(C)C([C@H](C)Cn4ccc(C#N)n4)CC[C@@H]32)C1. The zero-order valence-corrected chi connectivity index (χ0v) is 20.9. The lowest BCUT2D eigenvalue weighted by Crippen LogP contribution is -2.52. The van der Waals surface area contributed by atoms with Crippen molar-refractivity contribution in [3.8, 4) is 6.07 Å². The molecule has 9 atom stereocenters. The molecular weight excluding hydrogens is 410 g/mol. The lowest BCUT2D eigenvalue weighted by molar-refractivity contribution is -0.129. The fourth-order valence-electron chi connectivity index (χ4n) is 9.31. The molecular formula is C28H43N3O2. The van der Waals surface area contributed by atoms with Crippen LogP contribution in [0, 0.1) is 58.2 Å². The van der Waals surface area contributed by atoms with E-state index in [-0.39, 0.29) is 0 Å². The lowest BCUT2D eigenvalue weighted by Gasteiger charge is -2.57. The molecule has 5 nitrogen and oxygen atoms in total. The first-order valence-electron chi connectivity index (χ1n) is 13.6. The fourth-order valence-corrected chi connectivity index (χ4v) is 9.31. The molecule has 0 bridgehead atoms. The third-order valence-electron chi connectivity index (χ3n) is 10.7. The summed E-state index contributed by atoms with van der Waals surface area (Å²) in [5.41, 5.74) is 0.387. The van der Waals surface area contributed by atoms with E-state index in [4.69, 9.17) is 10.00 Å². The van der Waals surface area contributed by atoms with Gasteiger partial charge in [-0.2, -0.15) is 10.4 Å². The largest absolute Gasteiger partial charge is 0.387 e. The Hall–Kier alpha value is -1.38. The van der Waals surface area contributed by atoms with Crippen LogP contribution in [-0.4, -0.2) is 33.7 Å². The number of ether oxygens (including phenoxy) is 1. The number of aliphatic hydroxyl groups is 1. The first kappa shape index (κ1) is 23.4. The van der Waals surface area contributed by atoms with Crippen molar-refractivity contribution in [2.24, 2.45) is 46.8 Å². The molecule has 0 spiro atoms. The predicted molar refractivity (Wildman–Crippen MR) is 128 cm³/mol. The topological polar surface area (TPSA) is 71.1 Å². The Labute approximate surface area is 199 Å². The van der Waals surface area contributed by atoms with E-state index in [0.717, 1.165) is 49.0 Å². The van der Waals surface area contributed by atoms with Gasteiger partial charge in [-0.1, -0.05) is 13.8 Å². The van der Waals surface area contributed by atoms with Crippen LogP contribution >= 0.6 is 0 Å². The van der Waals surface area contributed by atoms with Crippen molar-refractivity contribution in [2.75, 3.05) is 13.2 Å². The van der Waals surface area contributed by atoms with Crippen molar-refractivity contribution in [3.05, 3.63) is 18.0 Å². The van der Waals surface area contributed by atoms with E-state index in [2.05, 4.69) is 25.0 Å². The minimum atomic E-state index is -0.584. The molecule has 4 aliphatic carbocycles. The molecule has 5 heteroatoms. The van der Waals surface area contributed by atoms with E-state index in [9.17, 15) is 5.11 Å². The molecule has 1 aromatic rings. The van der Waals surface area contributed by atoms with E-state index in [0.29, 0.717) is 36.2 Å². The lowest BCUT2D eigenvalue weighted by atomic mass is 9.48. The van der Waals surface area contributed by atoms with Gasteiger partial charge in [0.05, 0.1) is 12.2 Å². The molecule has 4 aliphatic rings. The van der Waals surface area contributed by atoms with E-state index in [1.54, 1.807) is 0 Å². The summed E-state index contributed by atoms with van der Waals surface area (Å²) < 4.78 is 7.63. The van der Waals surface area contributed by atoms with E-state index >= 15 is 0 Å². The standard InChI is InChI=1S/C28H43N3O2/c1-4-33-18-28(32)13-10-22-20(15-28)5-6-24-23(22)9-12-27(3)25(7-8-26(24)27)19(2)17-31-14-11-21(16-29)30-31/h11,14,19-20,22-26,32H,4-10,12-13,15,17-18H2,1-3H3/t19-,20-,22+,23-,24-,25?,26+,27-,28-/m1/s1. The molecule has 0 aliphatic heterocycles. The molecule has 5 rings (SSSR count). The number of aromatic nitrogens is 2. The zero-order chi connectivity index (χ0) is 23.2. The van der Waals surface area contributed by atoms with Crippen LogP contribution in [0.3, 0.4) is 0 Å². The number of nitrogens with zero attached hydrogens (tertiary/aromatic N) is 3. The van der Waals surface area contributed by atoms with Gasteiger partial charge < -0.3 is 9.84 Å². The Morgan fingerprint density at radius 2 is 2.00 bits per heavy atom. The van der Waals surface area contributed by atoms with Crippen LogP contribution in [0.4, 0.5) is 0 Å². The second-order valence-corrected chi connectivity index (χ2v) is 12.3. The van der Waals surface area contributed by atoms with Gasteiger partial charge in [0.15, 0.2) is 5.69 Å². The van der Waals surface area contributed by atoms with Crippen molar-refractivity contribution in [1.82, 2.24) is 9.78 Å². The van der Waals surface area contributed by atoms with Gasteiger partial charge in [0, 0.05) is 19.3 Å². The monoisotopic (exact) mass is 453 g/mol. The van der Waals surface area contributed by atoms with Crippen molar-refractivity contribution in [2.45, 2.75) is 90.7 Å². The maximum atomic E-state index is 11.1. The summed E-state index contributed by atoms with van der Waals surface area (Å²) >= 11 is 0. The second kappa shape index (κ2) is 9.00. The highest BCUT2D eigenvalue weighted by Crippen LogP contribution is 2.65. The molecule has 1 aromatic heterocycles. The van der Waals surface area contributed by atoms with Gasteiger partial charge in [0.25, 0.3) is 0 Å². The Morgan fingerprint density at radius 1 is 1.18 bits per heavy atom. The predicted octanol–water partition coefficient (Wildman–Crippen LogP) is 5.43. The van der Waals surface area contributed by atoms with Crippen molar-refractivity contribution in [3.63, 3.8) is 0 Å². The minimum absolute atomic E-state index is 0.447. The number of fused-ring (bicyclic) bond motifs is 5. The summed E-state index contributed by atoms with van der Waals surface area (Å²) in [7, 11) is 0. The van der Waals surface area contributed by atoms with Gasteiger partial charge in [-0.05, 0) is 118 Å². The van der Waals surface area contributed by atoms with Gasteiger partial charge in [-0.25, -0.2) is 0 Å². The third-order valence-corrected chi connectivity index (χ3v) is 10.7. The van der Waals surface area contributed by atoms with Crippen LogP contribution in [-0.2, 0) is 11.3 Å². The molecule has 0 amide bonds. The second-order valence-electron chi connectivity index (χ2n) is 12.3. The van der Waals surface area contributed by atoms with Crippen molar-refractivity contribution < 1.29 is 9.84 Å². The van der Waals surface area contributed by atoms with E-state index in [1.807, 2.05) is 23.9 Å². The molecule has 4 fully saturated rings. The summed E-state index contributed by atoms with van der Waals surface area (Å²) in [6.07, 6.45) is 13.2. The maximum absolute atomic E-state index is 11.1.